The van der Waals surface area contributed by atoms with Crippen LogP contribution in [0, 0.1) is 5.92 Å². The number of benzene rings is 1. The van der Waals surface area contributed by atoms with Crippen LogP contribution in [0.1, 0.15) is 31.2 Å². The SMILES string of the molecule is CN=C(NCC1CCCC1O)N1CC=C(c2cccc(OC)c2)CC1.I. The molecule has 1 saturated carbocycles. The molecule has 0 amide bonds. The van der Waals surface area contributed by atoms with Crippen molar-refractivity contribution in [3.63, 3.8) is 0 Å². The van der Waals surface area contributed by atoms with Gasteiger partial charge in [0.05, 0.1) is 13.2 Å². The van der Waals surface area contributed by atoms with Crippen LogP contribution in [0.2, 0.25) is 0 Å². The van der Waals surface area contributed by atoms with Gasteiger partial charge < -0.3 is 20.1 Å². The Labute approximate surface area is 173 Å². The third-order valence-corrected chi connectivity index (χ3v) is 5.30. The summed E-state index contributed by atoms with van der Waals surface area (Å²) in [5, 5.41) is 13.4. The number of halogens is 1. The first-order valence-electron chi connectivity index (χ1n) is 9.18. The van der Waals surface area contributed by atoms with Crippen LogP contribution < -0.4 is 10.1 Å². The lowest BCUT2D eigenvalue weighted by Gasteiger charge is -2.30. The van der Waals surface area contributed by atoms with Gasteiger partial charge in [0.2, 0.25) is 0 Å². The zero-order chi connectivity index (χ0) is 17.6. The highest BCUT2D eigenvalue weighted by atomic mass is 127. The summed E-state index contributed by atoms with van der Waals surface area (Å²) in [4.78, 5) is 6.69. The molecule has 2 aliphatic rings. The lowest BCUT2D eigenvalue weighted by Crippen LogP contribution is -2.45. The van der Waals surface area contributed by atoms with Gasteiger partial charge >= 0.3 is 0 Å². The molecule has 144 valence electrons. The van der Waals surface area contributed by atoms with E-state index in [4.69, 9.17) is 4.74 Å². The van der Waals surface area contributed by atoms with Gasteiger partial charge in [-0.25, -0.2) is 0 Å². The fourth-order valence-corrected chi connectivity index (χ4v) is 3.76. The average molecular weight is 471 g/mol. The van der Waals surface area contributed by atoms with Gasteiger partial charge in [0.15, 0.2) is 5.96 Å². The highest BCUT2D eigenvalue weighted by Crippen LogP contribution is 2.26. The van der Waals surface area contributed by atoms with Crippen molar-refractivity contribution in [1.82, 2.24) is 10.2 Å². The Morgan fingerprint density at radius 1 is 1.38 bits per heavy atom. The molecule has 0 radical (unpaired) electrons. The summed E-state index contributed by atoms with van der Waals surface area (Å²) in [5.74, 6) is 2.18. The van der Waals surface area contributed by atoms with Crippen LogP contribution in [-0.2, 0) is 0 Å². The largest absolute Gasteiger partial charge is 0.497 e. The van der Waals surface area contributed by atoms with Crippen LogP contribution in [0.3, 0.4) is 0 Å². The monoisotopic (exact) mass is 471 g/mol. The van der Waals surface area contributed by atoms with E-state index in [-0.39, 0.29) is 30.1 Å². The number of ether oxygens (including phenoxy) is 1. The number of aliphatic hydroxyl groups is 1. The van der Waals surface area contributed by atoms with Crippen LogP contribution in [0.15, 0.2) is 35.3 Å². The molecule has 5 nitrogen and oxygen atoms in total. The molecule has 1 aromatic carbocycles. The lowest BCUT2D eigenvalue weighted by atomic mass is 9.99. The van der Waals surface area contributed by atoms with Crippen LogP contribution in [0.4, 0.5) is 0 Å². The van der Waals surface area contributed by atoms with Crippen molar-refractivity contribution in [2.75, 3.05) is 33.8 Å². The number of hydrogen-bond donors (Lipinski definition) is 2. The summed E-state index contributed by atoms with van der Waals surface area (Å²) in [6.45, 7) is 2.59. The number of guanidine groups is 1. The molecular formula is C20H30IN3O2. The van der Waals surface area contributed by atoms with Gasteiger partial charge in [-0.3, -0.25) is 4.99 Å². The van der Waals surface area contributed by atoms with E-state index < -0.39 is 0 Å². The van der Waals surface area contributed by atoms with E-state index in [1.54, 1.807) is 7.11 Å². The Morgan fingerprint density at radius 2 is 2.23 bits per heavy atom. The zero-order valence-corrected chi connectivity index (χ0v) is 18.0. The van der Waals surface area contributed by atoms with Crippen molar-refractivity contribution in [3.05, 3.63) is 35.9 Å². The van der Waals surface area contributed by atoms with Crippen LogP contribution in [0.5, 0.6) is 5.75 Å². The third-order valence-electron chi connectivity index (χ3n) is 5.30. The minimum Gasteiger partial charge on any atom is -0.497 e. The predicted molar refractivity (Wildman–Crippen MR) is 117 cm³/mol. The van der Waals surface area contributed by atoms with Crippen molar-refractivity contribution in [1.29, 1.82) is 0 Å². The number of methoxy groups -OCH3 is 1. The minimum atomic E-state index is -0.161. The normalized spacial score (nSPS) is 23.3. The molecule has 3 rings (SSSR count). The van der Waals surface area contributed by atoms with Crippen LogP contribution in [-0.4, -0.2) is 55.9 Å². The smallest absolute Gasteiger partial charge is 0.193 e. The maximum absolute atomic E-state index is 9.98. The maximum atomic E-state index is 9.98. The van der Waals surface area contributed by atoms with Crippen molar-refractivity contribution in [3.8, 4) is 5.75 Å². The standard InChI is InChI=1S/C20H29N3O2.HI/c1-21-20(22-14-17-6-4-8-19(17)24)23-11-9-15(10-12-23)16-5-3-7-18(13-16)25-2;/h3,5,7,9,13,17,19,24H,4,6,8,10-12,14H2,1-2H3,(H,21,22);1H. The van der Waals surface area contributed by atoms with E-state index in [1.165, 1.54) is 11.1 Å². The summed E-state index contributed by atoms with van der Waals surface area (Å²) in [6.07, 6.45) is 6.26. The first kappa shape index (κ1) is 21.0. The second-order valence-electron chi connectivity index (χ2n) is 6.84. The minimum absolute atomic E-state index is 0. The van der Waals surface area contributed by atoms with Gasteiger partial charge in [0, 0.05) is 32.6 Å². The molecule has 2 unspecified atom stereocenters. The molecule has 26 heavy (non-hydrogen) atoms. The summed E-state index contributed by atoms with van der Waals surface area (Å²) in [7, 11) is 3.53. The fourth-order valence-electron chi connectivity index (χ4n) is 3.76. The number of nitrogens with one attached hydrogen (secondary N) is 1. The molecular weight excluding hydrogens is 441 g/mol. The fraction of sp³-hybridized carbons (Fsp3) is 0.550. The molecule has 1 aliphatic carbocycles. The number of nitrogens with zero attached hydrogens (tertiary/aromatic N) is 2. The molecule has 0 spiro atoms. The van der Waals surface area contributed by atoms with E-state index in [0.717, 1.165) is 57.0 Å². The highest BCUT2D eigenvalue weighted by molar-refractivity contribution is 14.0. The average Bonchev–Trinajstić information content (AvgIpc) is 3.08. The first-order valence-corrected chi connectivity index (χ1v) is 9.18. The molecule has 0 bridgehead atoms. The second kappa shape index (κ2) is 10.2. The van der Waals surface area contributed by atoms with E-state index >= 15 is 0 Å². The van der Waals surface area contributed by atoms with Gasteiger partial charge in [-0.1, -0.05) is 24.6 Å². The molecule has 1 aliphatic heterocycles. The maximum Gasteiger partial charge on any atom is 0.193 e. The summed E-state index contributed by atoms with van der Waals surface area (Å²) in [6, 6.07) is 8.24. The van der Waals surface area contributed by atoms with Crippen molar-refractivity contribution in [2.24, 2.45) is 10.9 Å². The van der Waals surface area contributed by atoms with E-state index in [9.17, 15) is 5.11 Å². The molecule has 6 heteroatoms. The Balaban J connectivity index is 0.00000243. The van der Waals surface area contributed by atoms with Crippen LogP contribution in [0.25, 0.3) is 5.57 Å². The third kappa shape index (κ3) is 5.13. The first-order chi connectivity index (χ1) is 12.2. The van der Waals surface area contributed by atoms with E-state index in [1.807, 2.05) is 19.2 Å². The molecule has 1 aromatic rings. The topological polar surface area (TPSA) is 57.1 Å². The molecule has 0 saturated heterocycles. The number of hydrogen-bond acceptors (Lipinski definition) is 3. The zero-order valence-electron chi connectivity index (χ0n) is 15.6. The quantitative estimate of drug-likeness (QED) is 0.403. The van der Waals surface area contributed by atoms with Gasteiger partial charge in [-0.2, -0.15) is 0 Å². The molecule has 1 fully saturated rings. The van der Waals surface area contributed by atoms with E-state index in [0.29, 0.717) is 5.92 Å². The van der Waals surface area contributed by atoms with E-state index in [2.05, 4.69) is 33.4 Å². The van der Waals surface area contributed by atoms with Crippen molar-refractivity contribution < 1.29 is 9.84 Å². The van der Waals surface area contributed by atoms with Crippen LogP contribution >= 0.6 is 24.0 Å². The van der Waals surface area contributed by atoms with Gasteiger partial charge in [-0.05, 0) is 42.5 Å². The highest BCUT2D eigenvalue weighted by Gasteiger charge is 2.26. The summed E-state index contributed by atoms with van der Waals surface area (Å²) in [5.41, 5.74) is 2.59. The van der Waals surface area contributed by atoms with Gasteiger partial charge in [0.1, 0.15) is 5.75 Å². The van der Waals surface area contributed by atoms with Crippen molar-refractivity contribution >= 4 is 35.5 Å². The number of rotatable bonds is 4. The van der Waals surface area contributed by atoms with Gasteiger partial charge in [-0.15, -0.1) is 24.0 Å². The Bertz CT molecular complexity index is 648. The molecule has 0 aromatic heterocycles. The summed E-state index contributed by atoms with van der Waals surface area (Å²) >= 11 is 0. The molecule has 1 heterocycles. The Kier molecular flexibility index (Phi) is 8.21. The second-order valence-corrected chi connectivity index (χ2v) is 6.84. The van der Waals surface area contributed by atoms with Gasteiger partial charge in [0.25, 0.3) is 0 Å². The Hall–Kier alpha value is -1.28. The predicted octanol–water partition coefficient (Wildman–Crippen LogP) is 3.14. The molecule has 2 N–H and O–H groups in total. The Morgan fingerprint density at radius 3 is 2.85 bits per heavy atom. The molecule has 2 atom stereocenters. The lowest BCUT2D eigenvalue weighted by molar-refractivity contribution is 0.134. The number of aliphatic imine (C=N–C) groups is 1. The van der Waals surface area contributed by atoms with Crippen molar-refractivity contribution in [2.45, 2.75) is 31.8 Å². The number of aliphatic hydroxyl groups excluding tert-OH is 1. The summed E-state index contributed by atoms with van der Waals surface area (Å²) < 4.78 is 5.32.